The Hall–Kier alpha value is -3.41. The molecule has 3 aromatic rings. The molecule has 0 spiro atoms. The molecule has 1 amide bonds. The SMILES string of the molecule is CCCOc1ccc(NC(=O)c2cnc(-c3ccccc3)nc2)cc1OCCC. The monoisotopic (exact) mass is 391 g/mol. The molecule has 0 fully saturated rings. The van der Waals surface area contributed by atoms with Crippen LogP contribution < -0.4 is 14.8 Å². The second kappa shape index (κ2) is 10.2. The minimum atomic E-state index is -0.284. The number of hydrogen-bond donors (Lipinski definition) is 1. The summed E-state index contributed by atoms with van der Waals surface area (Å²) >= 11 is 0. The lowest BCUT2D eigenvalue weighted by Crippen LogP contribution is -2.13. The number of benzene rings is 2. The molecule has 0 saturated carbocycles. The molecule has 1 N–H and O–H groups in total. The van der Waals surface area contributed by atoms with Gasteiger partial charge in [0, 0.05) is 29.7 Å². The molecule has 29 heavy (non-hydrogen) atoms. The number of nitrogens with one attached hydrogen (secondary N) is 1. The summed E-state index contributed by atoms with van der Waals surface area (Å²) in [7, 11) is 0. The maximum Gasteiger partial charge on any atom is 0.258 e. The Bertz CT molecular complexity index is 928. The fraction of sp³-hybridized carbons (Fsp3) is 0.261. The molecular weight excluding hydrogens is 366 g/mol. The number of rotatable bonds is 9. The van der Waals surface area contributed by atoms with Gasteiger partial charge in [-0.25, -0.2) is 9.97 Å². The second-order valence-electron chi connectivity index (χ2n) is 6.47. The molecule has 0 aliphatic heterocycles. The first-order chi connectivity index (χ1) is 14.2. The Labute approximate surface area is 170 Å². The van der Waals surface area contributed by atoms with Gasteiger partial charge in [0.05, 0.1) is 18.8 Å². The summed E-state index contributed by atoms with van der Waals surface area (Å²) in [5.41, 5.74) is 1.91. The van der Waals surface area contributed by atoms with Crippen molar-refractivity contribution < 1.29 is 14.3 Å². The summed E-state index contributed by atoms with van der Waals surface area (Å²) < 4.78 is 11.5. The maximum atomic E-state index is 12.6. The van der Waals surface area contributed by atoms with Crippen LogP contribution in [0.5, 0.6) is 11.5 Å². The van der Waals surface area contributed by atoms with E-state index in [0.717, 1.165) is 18.4 Å². The minimum Gasteiger partial charge on any atom is -0.490 e. The fourth-order valence-electron chi connectivity index (χ4n) is 2.63. The van der Waals surface area contributed by atoms with Gasteiger partial charge in [0.2, 0.25) is 0 Å². The van der Waals surface area contributed by atoms with Gasteiger partial charge in [-0.05, 0) is 25.0 Å². The molecule has 0 aliphatic carbocycles. The lowest BCUT2D eigenvalue weighted by Gasteiger charge is -2.14. The summed E-state index contributed by atoms with van der Waals surface area (Å²) in [6.07, 6.45) is 4.84. The standard InChI is InChI=1S/C23H25N3O3/c1-3-12-28-20-11-10-19(14-21(20)29-13-4-2)26-23(27)18-15-24-22(25-16-18)17-8-6-5-7-9-17/h5-11,14-16H,3-4,12-13H2,1-2H3,(H,26,27). The molecule has 3 rings (SSSR count). The zero-order valence-electron chi connectivity index (χ0n) is 16.7. The van der Waals surface area contributed by atoms with Crippen LogP contribution in [0, 0.1) is 0 Å². The number of hydrogen-bond acceptors (Lipinski definition) is 5. The quantitative estimate of drug-likeness (QED) is 0.557. The maximum absolute atomic E-state index is 12.6. The molecule has 0 atom stereocenters. The van der Waals surface area contributed by atoms with Crippen LogP contribution in [-0.4, -0.2) is 29.1 Å². The average Bonchev–Trinajstić information content (AvgIpc) is 2.77. The molecule has 2 aromatic carbocycles. The molecule has 0 saturated heterocycles. The van der Waals surface area contributed by atoms with Gasteiger partial charge in [0.15, 0.2) is 17.3 Å². The summed E-state index contributed by atoms with van der Waals surface area (Å²) in [5, 5.41) is 2.86. The minimum absolute atomic E-state index is 0.284. The van der Waals surface area contributed by atoms with Gasteiger partial charge in [0.1, 0.15) is 0 Å². The number of carbonyl (C=O) groups excluding carboxylic acids is 1. The van der Waals surface area contributed by atoms with E-state index in [4.69, 9.17) is 9.47 Å². The molecular formula is C23H25N3O3. The summed E-state index contributed by atoms with van der Waals surface area (Å²) in [6.45, 7) is 5.28. The van der Waals surface area contributed by atoms with Crippen molar-refractivity contribution >= 4 is 11.6 Å². The molecule has 1 heterocycles. The first kappa shape index (κ1) is 20.3. The van der Waals surface area contributed by atoms with Gasteiger partial charge in [-0.1, -0.05) is 44.2 Å². The summed E-state index contributed by atoms with van der Waals surface area (Å²) in [4.78, 5) is 21.2. The largest absolute Gasteiger partial charge is 0.490 e. The third-order valence-corrected chi connectivity index (χ3v) is 4.07. The number of amides is 1. The number of aromatic nitrogens is 2. The number of carbonyl (C=O) groups is 1. The smallest absolute Gasteiger partial charge is 0.258 e. The van der Waals surface area contributed by atoms with E-state index in [1.807, 2.05) is 50.2 Å². The second-order valence-corrected chi connectivity index (χ2v) is 6.47. The van der Waals surface area contributed by atoms with Crippen molar-refractivity contribution in [3.05, 3.63) is 66.5 Å². The molecule has 6 nitrogen and oxygen atoms in total. The zero-order chi connectivity index (χ0) is 20.5. The van der Waals surface area contributed by atoms with Crippen LogP contribution in [0.1, 0.15) is 37.0 Å². The van der Waals surface area contributed by atoms with Crippen LogP contribution in [0.15, 0.2) is 60.9 Å². The molecule has 0 unspecified atom stereocenters. The van der Waals surface area contributed by atoms with Crippen LogP contribution in [-0.2, 0) is 0 Å². The Kier molecular flexibility index (Phi) is 7.16. The predicted molar refractivity (Wildman–Crippen MR) is 113 cm³/mol. The topological polar surface area (TPSA) is 73.3 Å². The summed E-state index contributed by atoms with van der Waals surface area (Å²) in [6, 6.07) is 15.0. The van der Waals surface area contributed by atoms with E-state index < -0.39 is 0 Å². The van der Waals surface area contributed by atoms with Gasteiger partial charge in [-0.3, -0.25) is 4.79 Å². The van der Waals surface area contributed by atoms with Gasteiger partial charge >= 0.3 is 0 Å². The average molecular weight is 391 g/mol. The van der Waals surface area contributed by atoms with Crippen LogP contribution in [0.25, 0.3) is 11.4 Å². The molecule has 0 bridgehead atoms. The number of nitrogens with zero attached hydrogens (tertiary/aromatic N) is 2. The third kappa shape index (κ3) is 5.54. The van der Waals surface area contributed by atoms with Gasteiger partial charge in [-0.2, -0.15) is 0 Å². The summed E-state index contributed by atoms with van der Waals surface area (Å²) in [5.74, 6) is 1.59. The van der Waals surface area contributed by atoms with E-state index in [2.05, 4.69) is 15.3 Å². The third-order valence-electron chi connectivity index (χ3n) is 4.07. The first-order valence-corrected chi connectivity index (χ1v) is 9.79. The highest BCUT2D eigenvalue weighted by atomic mass is 16.5. The Balaban J connectivity index is 1.72. The van der Waals surface area contributed by atoms with Gasteiger partial charge in [0.25, 0.3) is 5.91 Å². The highest BCUT2D eigenvalue weighted by Gasteiger charge is 2.12. The highest BCUT2D eigenvalue weighted by Crippen LogP contribution is 2.31. The van der Waals surface area contributed by atoms with Crippen molar-refractivity contribution in [1.82, 2.24) is 9.97 Å². The van der Waals surface area contributed by atoms with Crippen molar-refractivity contribution in [2.24, 2.45) is 0 Å². The first-order valence-electron chi connectivity index (χ1n) is 9.79. The van der Waals surface area contributed by atoms with E-state index in [1.165, 1.54) is 12.4 Å². The predicted octanol–water partition coefficient (Wildman–Crippen LogP) is 4.97. The number of anilines is 1. The molecule has 150 valence electrons. The van der Waals surface area contributed by atoms with Crippen molar-refractivity contribution in [3.8, 4) is 22.9 Å². The van der Waals surface area contributed by atoms with Crippen LogP contribution in [0.3, 0.4) is 0 Å². The normalized spacial score (nSPS) is 10.4. The van der Waals surface area contributed by atoms with E-state index in [9.17, 15) is 4.79 Å². The highest BCUT2D eigenvalue weighted by molar-refractivity contribution is 6.04. The van der Waals surface area contributed by atoms with E-state index in [-0.39, 0.29) is 5.91 Å². The van der Waals surface area contributed by atoms with Gasteiger partial charge < -0.3 is 14.8 Å². The lowest BCUT2D eigenvalue weighted by atomic mass is 10.2. The van der Waals surface area contributed by atoms with Crippen molar-refractivity contribution in [1.29, 1.82) is 0 Å². The lowest BCUT2D eigenvalue weighted by molar-refractivity contribution is 0.102. The Morgan fingerprint density at radius 1 is 0.897 bits per heavy atom. The van der Waals surface area contributed by atoms with Crippen LogP contribution in [0.4, 0.5) is 5.69 Å². The van der Waals surface area contributed by atoms with E-state index in [0.29, 0.717) is 41.8 Å². The zero-order valence-corrected chi connectivity index (χ0v) is 16.7. The molecule has 6 heteroatoms. The van der Waals surface area contributed by atoms with Gasteiger partial charge in [-0.15, -0.1) is 0 Å². The molecule has 1 aromatic heterocycles. The van der Waals surface area contributed by atoms with Crippen molar-refractivity contribution in [2.45, 2.75) is 26.7 Å². The van der Waals surface area contributed by atoms with Crippen LogP contribution in [0.2, 0.25) is 0 Å². The van der Waals surface area contributed by atoms with E-state index >= 15 is 0 Å². The fourth-order valence-corrected chi connectivity index (χ4v) is 2.63. The Morgan fingerprint density at radius 3 is 2.21 bits per heavy atom. The molecule has 0 radical (unpaired) electrons. The van der Waals surface area contributed by atoms with Crippen molar-refractivity contribution in [2.75, 3.05) is 18.5 Å². The molecule has 0 aliphatic rings. The Morgan fingerprint density at radius 2 is 1.55 bits per heavy atom. The van der Waals surface area contributed by atoms with E-state index in [1.54, 1.807) is 12.1 Å². The van der Waals surface area contributed by atoms with Crippen LogP contribution >= 0.6 is 0 Å². The van der Waals surface area contributed by atoms with Crippen molar-refractivity contribution in [3.63, 3.8) is 0 Å². The number of ether oxygens (including phenoxy) is 2.